The number of carbonyl (C=O) groups excluding carboxylic acids is 1. The Labute approximate surface area is 192 Å². The maximum Gasteiger partial charge on any atom is 0.315 e. The van der Waals surface area contributed by atoms with Crippen molar-refractivity contribution in [1.29, 1.82) is 0 Å². The van der Waals surface area contributed by atoms with Crippen LogP contribution in [0.15, 0.2) is 30.5 Å². The molecule has 0 spiro atoms. The van der Waals surface area contributed by atoms with Crippen LogP contribution >= 0.6 is 11.6 Å². The fourth-order valence-electron chi connectivity index (χ4n) is 3.36. The highest BCUT2D eigenvalue weighted by atomic mass is 35.5. The van der Waals surface area contributed by atoms with Gasteiger partial charge in [-0.25, -0.2) is 14.2 Å². The van der Waals surface area contributed by atoms with E-state index in [9.17, 15) is 9.18 Å². The first kappa shape index (κ1) is 23.6. The fraction of sp³-hybridized carbons (Fsp3) is 0.391. The van der Waals surface area contributed by atoms with Crippen molar-refractivity contribution in [2.75, 3.05) is 38.5 Å². The van der Waals surface area contributed by atoms with Gasteiger partial charge >= 0.3 is 6.03 Å². The summed E-state index contributed by atoms with van der Waals surface area (Å²) in [6.07, 6.45) is 3.43. The molecule has 2 aromatic rings. The lowest BCUT2D eigenvalue weighted by molar-refractivity contribution is 0.227. The predicted octanol–water partition coefficient (Wildman–Crippen LogP) is 3.34. The van der Waals surface area contributed by atoms with Crippen molar-refractivity contribution >= 4 is 23.4 Å². The Kier molecular flexibility index (Phi) is 8.54. The third kappa shape index (κ3) is 7.01. The van der Waals surface area contributed by atoms with Gasteiger partial charge in [-0.15, -0.1) is 0 Å². The Hall–Kier alpha value is -3.02. The number of hydrogen-bond acceptors (Lipinski definition) is 5. The lowest BCUT2D eigenvalue weighted by Crippen LogP contribution is -2.39. The molecule has 0 saturated carbocycles. The monoisotopic (exact) mass is 459 g/mol. The third-order valence-electron chi connectivity index (χ3n) is 5.06. The second-order valence-electron chi connectivity index (χ2n) is 7.49. The summed E-state index contributed by atoms with van der Waals surface area (Å²) in [6.45, 7) is 5.60. The molecule has 1 atom stereocenters. The number of likely N-dealkylation sites (tertiary alicyclic amines) is 1. The van der Waals surface area contributed by atoms with Crippen molar-refractivity contribution in [2.45, 2.75) is 25.9 Å². The van der Waals surface area contributed by atoms with Crippen molar-refractivity contribution < 1.29 is 13.9 Å². The number of amides is 2. The number of pyridine rings is 1. The number of carbonyl (C=O) groups is 1. The summed E-state index contributed by atoms with van der Waals surface area (Å²) in [5.41, 5.74) is 6.98. The van der Waals surface area contributed by atoms with Crippen LogP contribution in [0.5, 0.6) is 5.75 Å². The normalized spacial score (nSPS) is 14.3. The van der Waals surface area contributed by atoms with Gasteiger partial charge in [0.1, 0.15) is 11.9 Å². The third-order valence-corrected chi connectivity index (χ3v) is 5.41. The van der Waals surface area contributed by atoms with Crippen molar-refractivity contribution in [3.05, 3.63) is 52.4 Å². The number of aromatic nitrogens is 1. The SMILES string of the molecule is CC(Oc1cc(C#CCNC(=O)NCCN2CCCC2)cnc1N)c1cc(F)ccc1Cl. The zero-order valence-electron chi connectivity index (χ0n) is 18.0. The molecule has 32 heavy (non-hydrogen) atoms. The first-order valence-corrected chi connectivity index (χ1v) is 10.9. The number of nitrogen functional groups attached to an aromatic ring is 1. The van der Waals surface area contributed by atoms with Crippen LogP contribution in [-0.4, -0.2) is 48.6 Å². The Morgan fingerprint density at radius 3 is 2.91 bits per heavy atom. The molecule has 7 nitrogen and oxygen atoms in total. The Morgan fingerprint density at radius 1 is 1.34 bits per heavy atom. The minimum atomic E-state index is -0.545. The Balaban J connectivity index is 1.50. The maximum atomic E-state index is 13.6. The highest BCUT2D eigenvalue weighted by molar-refractivity contribution is 6.31. The van der Waals surface area contributed by atoms with Gasteiger partial charge in [0.25, 0.3) is 0 Å². The molecule has 1 aliphatic heterocycles. The van der Waals surface area contributed by atoms with Crippen LogP contribution in [0.2, 0.25) is 5.02 Å². The van der Waals surface area contributed by atoms with Gasteiger partial charge in [0.2, 0.25) is 0 Å². The molecule has 1 saturated heterocycles. The first-order chi connectivity index (χ1) is 15.4. The van der Waals surface area contributed by atoms with Crippen LogP contribution in [0.25, 0.3) is 0 Å². The number of ether oxygens (including phenoxy) is 1. The van der Waals surface area contributed by atoms with Gasteiger partial charge in [-0.1, -0.05) is 23.4 Å². The highest BCUT2D eigenvalue weighted by Crippen LogP contribution is 2.30. The van der Waals surface area contributed by atoms with E-state index in [2.05, 4.69) is 32.4 Å². The second kappa shape index (κ2) is 11.6. The van der Waals surface area contributed by atoms with Gasteiger partial charge in [0.15, 0.2) is 11.6 Å². The molecule has 0 bridgehead atoms. The summed E-state index contributed by atoms with van der Waals surface area (Å²) in [5, 5.41) is 5.92. The predicted molar refractivity (Wildman–Crippen MR) is 123 cm³/mol. The summed E-state index contributed by atoms with van der Waals surface area (Å²) in [7, 11) is 0. The summed E-state index contributed by atoms with van der Waals surface area (Å²) in [6, 6.07) is 5.48. The van der Waals surface area contributed by atoms with Crippen LogP contribution in [0.4, 0.5) is 15.0 Å². The molecule has 0 radical (unpaired) electrons. The Bertz CT molecular complexity index is 1000. The molecule has 1 unspecified atom stereocenters. The summed E-state index contributed by atoms with van der Waals surface area (Å²) >= 11 is 6.15. The number of nitrogens with zero attached hydrogens (tertiary/aromatic N) is 2. The average molecular weight is 460 g/mol. The first-order valence-electron chi connectivity index (χ1n) is 10.5. The second-order valence-corrected chi connectivity index (χ2v) is 7.90. The minimum absolute atomic E-state index is 0.186. The number of rotatable bonds is 7. The van der Waals surface area contributed by atoms with E-state index in [1.54, 1.807) is 13.0 Å². The van der Waals surface area contributed by atoms with Crippen LogP contribution in [0.1, 0.15) is 37.0 Å². The number of hydrogen-bond donors (Lipinski definition) is 3. The van der Waals surface area contributed by atoms with Gasteiger partial charge in [0, 0.05) is 41.5 Å². The van der Waals surface area contributed by atoms with Crippen LogP contribution in [0, 0.1) is 17.7 Å². The molecule has 2 amide bonds. The quantitative estimate of drug-likeness (QED) is 0.552. The highest BCUT2D eigenvalue weighted by Gasteiger charge is 2.15. The molecular weight excluding hydrogens is 433 g/mol. The molecule has 1 aromatic carbocycles. The molecule has 3 rings (SSSR count). The zero-order chi connectivity index (χ0) is 22.9. The number of benzene rings is 1. The lowest BCUT2D eigenvalue weighted by atomic mass is 10.1. The minimum Gasteiger partial charge on any atom is -0.482 e. The van der Waals surface area contributed by atoms with Gasteiger partial charge in [-0.05, 0) is 51.1 Å². The van der Waals surface area contributed by atoms with E-state index >= 15 is 0 Å². The van der Waals surface area contributed by atoms with Crippen LogP contribution < -0.4 is 21.1 Å². The van der Waals surface area contributed by atoms with E-state index in [-0.39, 0.29) is 18.4 Å². The summed E-state index contributed by atoms with van der Waals surface area (Å²) in [5.74, 6) is 5.89. The molecule has 1 aliphatic rings. The smallest absolute Gasteiger partial charge is 0.315 e. The van der Waals surface area contributed by atoms with E-state index in [1.807, 2.05) is 0 Å². The maximum absolute atomic E-state index is 13.6. The Morgan fingerprint density at radius 2 is 2.12 bits per heavy atom. The van der Waals surface area contributed by atoms with Crippen molar-refractivity contribution in [2.24, 2.45) is 0 Å². The van der Waals surface area contributed by atoms with Crippen molar-refractivity contribution in [3.8, 4) is 17.6 Å². The van der Waals surface area contributed by atoms with Crippen LogP contribution in [0.3, 0.4) is 0 Å². The van der Waals surface area contributed by atoms with E-state index < -0.39 is 11.9 Å². The summed E-state index contributed by atoms with van der Waals surface area (Å²) < 4.78 is 19.4. The standard InChI is InChI=1S/C23H27ClFN5O2/c1-16(19-14-18(25)6-7-20(19)24)32-21-13-17(15-29-22(21)26)5-4-8-27-23(31)28-9-12-30-10-2-3-11-30/h6-7,13-16H,2-3,8-12H2,1H3,(H2,26,29)(H2,27,28,31). The van der Waals surface area contributed by atoms with E-state index in [1.165, 1.54) is 37.2 Å². The lowest BCUT2D eigenvalue weighted by Gasteiger charge is -2.17. The molecule has 170 valence electrons. The molecule has 1 aromatic heterocycles. The number of nitrogens with two attached hydrogens (primary N) is 1. The average Bonchev–Trinajstić information content (AvgIpc) is 3.28. The van der Waals surface area contributed by atoms with Crippen LogP contribution in [-0.2, 0) is 0 Å². The van der Waals surface area contributed by atoms with E-state index in [4.69, 9.17) is 22.1 Å². The van der Waals surface area contributed by atoms with E-state index in [0.29, 0.717) is 28.4 Å². The van der Waals surface area contributed by atoms with E-state index in [0.717, 1.165) is 19.6 Å². The largest absolute Gasteiger partial charge is 0.482 e. The molecule has 9 heteroatoms. The number of nitrogens with one attached hydrogen (secondary N) is 2. The van der Waals surface area contributed by atoms with Gasteiger partial charge < -0.3 is 26.0 Å². The molecule has 0 aliphatic carbocycles. The zero-order valence-corrected chi connectivity index (χ0v) is 18.7. The van der Waals surface area contributed by atoms with Gasteiger partial charge in [-0.2, -0.15) is 0 Å². The molecule has 2 heterocycles. The molecule has 1 fully saturated rings. The van der Waals surface area contributed by atoms with Gasteiger partial charge in [-0.3, -0.25) is 0 Å². The number of anilines is 1. The summed E-state index contributed by atoms with van der Waals surface area (Å²) in [4.78, 5) is 18.3. The molecular formula is C23H27ClFN5O2. The van der Waals surface area contributed by atoms with Gasteiger partial charge in [0.05, 0.1) is 6.54 Å². The number of halogens is 2. The fourth-order valence-corrected chi connectivity index (χ4v) is 3.64. The number of urea groups is 1. The van der Waals surface area contributed by atoms with Crippen molar-refractivity contribution in [1.82, 2.24) is 20.5 Å². The topological polar surface area (TPSA) is 92.5 Å². The van der Waals surface area contributed by atoms with Crippen molar-refractivity contribution in [3.63, 3.8) is 0 Å². The molecule has 4 N–H and O–H groups in total.